The molecule has 176 valence electrons. The van der Waals surface area contributed by atoms with Crippen molar-refractivity contribution in [1.82, 2.24) is 20.4 Å². The summed E-state index contributed by atoms with van der Waals surface area (Å²) in [6, 6.07) is 11.8. The van der Waals surface area contributed by atoms with Crippen molar-refractivity contribution in [2.45, 2.75) is 32.4 Å². The fourth-order valence-corrected chi connectivity index (χ4v) is 4.20. The van der Waals surface area contributed by atoms with Gasteiger partial charge in [0, 0.05) is 41.0 Å². The first-order valence-electron chi connectivity index (χ1n) is 10.4. The van der Waals surface area contributed by atoms with Crippen LogP contribution in [0, 0.1) is 6.92 Å². The Balaban J connectivity index is 1.44. The number of amides is 1. The highest BCUT2D eigenvalue weighted by Gasteiger charge is 2.30. The van der Waals surface area contributed by atoms with Crippen LogP contribution >= 0.6 is 11.3 Å². The number of benzene rings is 2. The van der Waals surface area contributed by atoms with Gasteiger partial charge in [-0.25, -0.2) is 4.98 Å². The summed E-state index contributed by atoms with van der Waals surface area (Å²) < 4.78 is 43.4. The number of carbonyl (C=O) groups is 1. The van der Waals surface area contributed by atoms with Crippen LogP contribution in [-0.4, -0.2) is 27.6 Å². The van der Waals surface area contributed by atoms with Crippen LogP contribution < -0.4 is 5.32 Å². The second-order valence-electron chi connectivity index (χ2n) is 8.40. The number of nitrogens with one attached hydrogen (secondary N) is 1. The van der Waals surface area contributed by atoms with E-state index in [0.29, 0.717) is 40.6 Å². The molecule has 0 aliphatic carbocycles. The quantitative estimate of drug-likeness (QED) is 0.367. The van der Waals surface area contributed by atoms with Gasteiger partial charge in [0.15, 0.2) is 0 Å². The van der Waals surface area contributed by atoms with Crippen molar-refractivity contribution in [2.75, 3.05) is 6.54 Å². The molecule has 4 aromatic rings. The highest BCUT2D eigenvalue weighted by atomic mass is 32.1. The van der Waals surface area contributed by atoms with E-state index in [1.807, 2.05) is 13.8 Å². The number of nitrogens with zero attached hydrogens (tertiary/aromatic N) is 3. The zero-order chi connectivity index (χ0) is 24.5. The van der Waals surface area contributed by atoms with E-state index in [9.17, 15) is 18.0 Å². The molecular weight excluding hydrogens is 465 g/mol. The van der Waals surface area contributed by atoms with Crippen LogP contribution in [0.5, 0.6) is 0 Å². The third kappa shape index (κ3) is 5.17. The minimum atomic E-state index is -4.38. The van der Waals surface area contributed by atoms with Gasteiger partial charge in [-0.2, -0.15) is 18.2 Å². The molecule has 2 heterocycles. The number of hydrogen-bond acceptors (Lipinski definition) is 6. The van der Waals surface area contributed by atoms with E-state index in [2.05, 4.69) is 20.4 Å². The summed E-state index contributed by atoms with van der Waals surface area (Å²) in [6.45, 7) is 5.90. The lowest BCUT2D eigenvalue weighted by molar-refractivity contribution is -0.137. The summed E-state index contributed by atoms with van der Waals surface area (Å²) in [5.41, 5.74) is 1.13. The molecule has 34 heavy (non-hydrogen) atoms. The second-order valence-corrected chi connectivity index (χ2v) is 9.26. The zero-order valence-electron chi connectivity index (χ0n) is 18.6. The molecule has 0 saturated carbocycles. The molecule has 0 saturated heterocycles. The van der Waals surface area contributed by atoms with Crippen LogP contribution in [0.2, 0.25) is 0 Å². The molecule has 4 rings (SSSR count). The normalized spacial score (nSPS) is 12.1. The van der Waals surface area contributed by atoms with E-state index in [4.69, 9.17) is 4.52 Å². The lowest BCUT2D eigenvalue weighted by Gasteiger charge is -2.22. The minimum absolute atomic E-state index is 0.255. The fraction of sp³-hybridized carbons (Fsp3) is 0.250. The van der Waals surface area contributed by atoms with Gasteiger partial charge in [0.25, 0.3) is 5.91 Å². The fourth-order valence-electron chi connectivity index (χ4n) is 3.24. The minimum Gasteiger partial charge on any atom is -0.351 e. The van der Waals surface area contributed by atoms with Gasteiger partial charge < -0.3 is 9.84 Å². The van der Waals surface area contributed by atoms with Crippen LogP contribution in [0.1, 0.15) is 40.7 Å². The van der Waals surface area contributed by atoms with Crippen molar-refractivity contribution >= 4 is 17.2 Å². The van der Waals surface area contributed by atoms with E-state index in [1.165, 1.54) is 23.5 Å². The molecular formula is C24H21F3N4O2S. The molecule has 2 aromatic heterocycles. The first kappa shape index (κ1) is 23.6. The molecule has 1 N–H and O–H groups in total. The summed E-state index contributed by atoms with van der Waals surface area (Å²) in [4.78, 5) is 21.6. The van der Waals surface area contributed by atoms with Gasteiger partial charge >= 0.3 is 6.18 Å². The summed E-state index contributed by atoms with van der Waals surface area (Å²) in [6.07, 6.45) is -4.38. The largest absolute Gasteiger partial charge is 0.416 e. The standard InChI is InChI=1S/C24H21F3N4O2S/c1-14-29-20(31-33-14)16-5-4-6-17(11-16)21(32)28-13-23(2,3)22-30-19(12-34-22)15-7-9-18(10-8-15)24(25,26)27/h4-12H,13H2,1-3H3,(H,28,32). The number of aryl methyl sites for hydroxylation is 1. The molecule has 10 heteroatoms. The maximum atomic E-state index is 12.8. The Labute approximate surface area is 197 Å². The average molecular weight is 487 g/mol. The number of alkyl halides is 3. The Hall–Kier alpha value is -3.53. The van der Waals surface area contributed by atoms with Crippen LogP contribution in [0.3, 0.4) is 0 Å². The predicted molar refractivity (Wildman–Crippen MR) is 122 cm³/mol. The number of thiazole rings is 1. The smallest absolute Gasteiger partial charge is 0.351 e. The van der Waals surface area contributed by atoms with Crippen LogP contribution in [0.4, 0.5) is 13.2 Å². The van der Waals surface area contributed by atoms with Crippen molar-refractivity contribution in [3.63, 3.8) is 0 Å². The Bertz CT molecular complexity index is 1310. The molecule has 0 bridgehead atoms. The third-order valence-corrected chi connectivity index (χ3v) is 6.40. The van der Waals surface area contributed by atoms with E-state index in [0.717, 1.165) is 17.1 Å². The average Bonchev–Trinajstić information content (AvgIpc) is 3.47. The van der Waals surface area contributed by atoms with Gasteiger partial charge in [0.05, 0.1) is 11.3 Å². The number of aromatic nitrogens is 3. The number of hydrogen-bond donors (Lipinski definition) is 1. The molecule has 2 aromatic carbocycles. The maximum Gasteiger partial charge on any atom is 0.416 e. The van der Waals surface area contributed by atoms with Crippen molar-refractivity contribution in [1.29, 1.82) is 0 Å². The van der Waals surface area contributed by atoms with Gasteiger partial charge in [-0.3, -0.25) is 4.79 Å². The van der Waals surface area contributed by atoms with Crippen molar-refractivity contribution in [2.24, 2.45) is 0 Å². The van der Waals surface area contributed by atoms with E-state index < -0.39 is 17.2 Å². The Morgan fingerprint density at radius 2 is 1.79 bits per heavy atom. The highest BCUT2D eigenvalue weighted by Crippen LogP contribution is 2.33. The summed E-state index contributed by atoms with van der Waals surface area (Å²) >= 11 is 1.40. The zero-order valence-corrected chi connectivity index (χ0v) is 19.4. The topological polar surface area (TPSA) is 80.9 Å². The molecule has 0 unspecified atom stereocenters. The lowest BCUT2D eigenvalue weighted by atomic mass is 9.94. The van der Waals surface area contributed by atoms with E-state index >= 15 is 0 Å². The Morgan fingerprint density at radius 1 is 1.06 bits per heavy atom. The van der Waals surface area contributed by atoms with Crippen LogP contribution in [0.15, 0.2) is 58.4 Å². The van der Waals surface area contributed by atoms with Gasteiger partial charge in [0.2, 0.25) is 11.7 Å². The lowest BCUT2D eigenvalue weighted by Crippen LogP contribution is -2.36. The third-order valence-electron chi connectivity index (χ3n) is 5.19. The molecule has 1 amide bonds. The molecule has 0 spiro atoms. The van der Waals surface area contributed by atoms with Crippen LogP contribution in [0.25, 0.3) is 22.6 Å². The Morgan fingerprint density at radius 3 is 2.44 bits per heavy atom. The number of rotatable bonds is 6. The van der Waals surface area contributed by atoms with E-state index in [-0.39, 0.29) is 5.91 Å². The maximum absolute atomic E-state index is 12.8. The molecule has 0 fully saturated rings. The SMILES string of the molecule is Cc1nc(-c2cccc(C(=O)NCC(C)(C)c3nc(-c4ccc(C(F)(F)F)cc4)cs3)c2)no1. The summed E-state index contributed by atoms with van der Waals surface area (Å²) in [5, 5.41) is 9.37. The van der Waals surface area contributed by atoms with Crippen molar-refractivity contribution < 1.29 is 22.5 Å². The van der Waals surface area contributed by atoms with Gasteiger partial charge in [0.1, 0.15) is 5.01 Å². The number of halogens is 3. The van der Waals surface area contributed by atoms with Gasteiger partial charge in [-0.15, -0.1) is 11.3 Å². The molecule has 0 aliphatic heterocycles. The van der Waals surface area contributed by atoms with Crippen molar-refractivity contribution in [3.8, 4) is 22.6 Å². The molecule has 0 radical (unpaired) electrons. The Kier molecular flexibility index (Phi) is 6.26. The van der Waals surface area contributed by atoms with Crippen LogP contribution in [-0.2, 0) is 11.6 Å². The summed E-state index contributed by atoms with van der Waals surface area (Å²) in [7, 11) is 0. The second kappa shape index (κ2) is 9.02. The van der Waals surface area contributed by atoms with Gasteiger partial charge in [-0.05, 0) is 24.3 Å². The summed E-state index contributed by atoms with van der Waals surface area (Å²) in [5.74, 6) is 0.589. The number of carbonyl (C=O) groups excluding carboxylic acids is 1. The molecule has 6 nitrogen and oxygen atoms in total. The van der Waals surface area contributed by atoms with Gasteiger partial charge in [-0.1, -0.05) is 43.3 Å². The first-order chi connectivity index (χ1) is 16.0. The molecule has 0 aliphatic rings. The highest BCUT2D eigenvalue weighted by molar-refractivity contribution is 7.10. The van der Waals surface area contributed by atoms with Crippen molar-refractivity contribution in [3.05, 3.63) is 75.9 Å². The molecule has 0 atom stereocenters. The predicted octanol–water partition coefficient (Wildman–Crippen LogP) is 5.89. The monoisotopic (exact) mass is 486 g/mol. The first-order valence-corrected chi connectivity index (χ1v) is 11.2. The van der Waals surface area contributed by atoms with E-state index in [1.54, 1.807) is 36.6 Å².